The summed E-state index contributed by atoms with van der Waals surface area (Å²) in [6.45, 7) is 1.64. The average molecular weight is 337 g/mol. The molecule has 1 saturated heterocycles. The lowest BCUT2D eigenvalue weighted by molar-refractivity contribution is -0.132. The molecule has 2 aromatic heterocycles. The van der Waals surface area contributed by atoms with Gasteiger partial charge in [-0.2, -0.15) is 0 Å². The molecule has 0 radical (unpaired) electrons. The molecule has 126 valence electrons. The van der Waals surface area contributed by atoms with E-state index in [1.54, 1.807) is 19.1 Å². The molecule has 7 nitrogen and oxygen atoms in total. The average Bonchev–Trinajstić information content (AvgIpc) is 3.34. The fraction of sp³-hybridized carbons (Fsp3) is 0.167. The Kier molecular flexibility index (Phi) is 3.42. The largest absolute Gasteiger partial charge is 0.466 e. The standard InChI is InChI=1S/C18H15N3O4/c1-18(14-8-5-9-24-14)16(22)21(17(23)20-18)10-13-11-25-15(19-13)12-6-3-2-4-7-12/h2-9,11H,10H2,1H3,(H,20,23). The van der Waals surface area contributed by atoms with E-state index in [2.05, 4.69) is 10.3 Å². The van der Waals surface area contributed by atoms with Crippen LogP contribution in [0, 0.1) is 0 Å². The van der Waals surface area contributed by atoms with Gasteiger partial charge in [0.15, 0.2) is 5.54 Å². The van der Waals surface area contributed by atoms with Crippen molar-refractivity contribution in [2.24, 2.45) is 0 Å². The number of nitrogens with zero attached hydrogens (tertiary/aromatic N) is 2. The van der Waals surface area contributed by atoms with Gasteiger partial charge in [0.05, 0.1) is 18.5 Å². The number of rotatable bonds is 4. The molecule has 25 heavy (non-hydrogen) atoms. The van der Waals surface area contributed by atoms with Gasteiger partial charge in [0.1, 0.15) is 12.0 Å². The first kappa shape index (κ1) is 15.2. The van der Waals surface area contributed by atoms with Crippen molar-refractivity contribution in [2.45, 2.75) is 19.0 Å². The van der Waals surface area contributed by atoms with Crippen LogP contribution < -0.4 is 5.32 Å². The van der Waals surface area contributed by atoms with Crippen LogP contribution in [0.3, 0.4) is 0 Å². The van der Waals surface area contributed by atoms with Gasteiger partial charge in [-0.15, -0.1) is 0 Å². The van der Waals surface area contributed by atoms with Crippen LogP contribution in [-0.2, 0) is 16.9 Å². The number of oxazole rings is 1. The van der Waals surface area contributed by atoms with Crippen molar-refractivity contribution >= 4 is 11.9 Å². The molecule has 7 heteroatoms. The summed E-state index contributed by atoms with van der Waals surface area (Å²) in [5.74, 6) is 0.437. The molecule has 1 atom stereocenters. The van der Waals surface area contributed by atoms with Crippen LogP contribution >= 0.6 is 0 Å². The zero-order valence-corrected chi connectivity index (χ0v) is 13.4. The van der Waals surface area contributed by atoms with Gasteiger partial charge in [0, 0.05) is 5.56 Å². The third-order valence-corrected chi connectivity index (χ3v) is 4.18. The van der Waals surface area contributed by atoms with Crippen LogP contribution in [0.1, 0.15) is 18.4 Å². The number of carbonyl (C=O) groups is 2. The van der Waals surface area contributed by atoms with Crippen molar-refractivity contribution in [2.75, 3.05) is 0 Å². The van der Waals surface area contributed by atoms with Crippen molar-refractivity contribution < 1.29 is 18.4 Å². The molecule has 3 aromatic rings. The lowest BCUT2D eigenvalue weighted by Gasteiger charge is -2.18. The molecule has 4 rings (SSSR count). The number of aromatic nitrogens is 1. The van der Waals surface area contributed by atoms with Crippen LogP contribution in [0.5, 0.6) is 0 Å². The molecule has 3 amide bonds. The van der Waals surface area contributed by atoms with E-state index in [9.17, 15) is 9.59 Å². The molecule has 1 unspecified atom stereocenters. The minimum absolute atomic E-state index is 0.0251. The van der Waals surface area contributed by atoms with E-state index in [0.29, 0.717) is 17.3 Å². The molecule has 0 spiro atoms. The summed E-state index contributed by atoms with van der Waals surface area (Å²) < 4.78 is 10.8. The van der Waals surface area contributed by atoms with Gasteiger partial charge in [-0.1, -0.05) is 18.2 Å². The van der Waals surface area contributed by atoms with Gasteiger partial charge in [-0.05, 0) is 31.2 Å². The highest BCUT2D eigenvalue weighted by Gasteiger charge is 2.51. The number of hydrogen-bond acceptors (Lipinski definition) is 5. The number of nitrogens with one attached hydrogen (secondary N) is 1. The molecule has 1 aromatic carbocycles. The maximum Gasteiger partial charge on any atom is 0.325 e. The van der Waals surface area contributed by atoms with E-state index in [0.717, 1.165) is 10.5 Å². The van der Waals surface area contributed by atoms with Crippen molar-refractivity contribution in [3.05, 3.63) is 66.4 Å². The van der Waals surface area contributed by atoms with Crippen LogP contribution in [0.4, 0.5) is 4.79 Å². The van der Waals surface area contributed by atoms with Gasteiger partial charge < -0.3 is 14.2 Å². The van der Waals surface area contributed by atoms with E-state index >= 15 is 0 Å². The number of hydrogen-bond donors (Lipinski definition) is 1. The third-order valence-electron chi connectivity index (χ3n) is 4.18. The van der Waals surface area contributed by atoms with Gasteiger partial charge in [-0.25, -0.2) is 9.78 Å². The maximum absolute atomic E-state index is 12.7. The quantitative estimate of drug-likeness (QED) is 0.740. The summed E-state index contributed by atoms with van der Waals surface area (Å²) in [4.78, 5) is 30.5. The summed E-state index contributed by atoms with van der Waals surface area (Å²) in [5.41, 5.74) is 0.101. The number of amides is 3. The Morgan fingerprint density at radius 3 is 2.64 bits per heavy atom. The van der Waals surface area contributed by atoms with E-state index in [-0.39, 0.29) is 6.54 Å². The molecule has 3 heterocycles. The van der Waals surface area contributed by atoms with Crippen LogP contribution in [0.25, 0.3) is 11.5 Å². The Bertz CT molecular complexity index is 917. The zero-order valence-electron chi connectivity index (χ0n) is 13.4. The molecule has 0 bridgehead atoms. The third kappa shape index (κ3) is 2.50. The molecule has 1 N–H and O–H groups in total. The number of imide groups is 1. The number of carbonyl (C=O) groups excluding carboxylic acids is 2. The van der Waals surface area contributed by atoms with Crippen LogP contribution in [0.2, 0.25) is 0 Å². The van der Waals surface area contributed by atoms with Crippen molar-refractivity contribution in [3.63, 3.8) is 0 Å². The summed E-state index contributed by atoms with van der Waals surface area (Å²) in [5, 5.41) is 2.68. The van der Waals surface area contributed by atoms with E-state index < -0.39 is 17.5 Å². The highest BCUT2D eigenvalue weighted by molar-refractivity contribution is 6.06. The van der Waals surface area contributed by atoms with Crippen molar-refractivity contribution in [1.82, 2.24) is 15.2 Å². The maximum atomic E-state index is 12.7. The lowest BCUT2D eigenvalue weighted by Crippen LogP contribution is -2.40. The summed E-state index contributed by atoms with van der Waals surface area (Å²) in [6.07, 6.45) is 2.91. The fourth-order valence-electron chi connectivity index (χ4n) is 2.83. The molecular weight excluding hydrogens is 322 g/mol. The molecular formula is C18H15N3O4. The SMILES string of the molecule is CC1(c2ccco2)NC(=O)N(Cc2coc(-c3ccccc3)n2)C1=O. The van der Waals surface area contributed by atoms with E-state index in [1.807, 2.05) is 30.3 Å². The Labute approximate surface area is 143 Å². The van der Waals surface area contributed by atoms with Crippen LogP contribution in [-0.4, -0.2) is 21.8 Å². The molecule has 1 aliphatic rings. The van der Waals surface area contributed by atoms with Gasteiger partial charge in [0.2, 0.25) is 5.89 Å². The minimum atomic E-state index is -1.22. The summed E-state index contributed by atoms with van der Waals surface area (Å²) in [6, 6.07) is 12.2. The van der Waals surface area contributed by atoms with Crippen molar-refractivity contribution in [1.29, 1.82) is 0 Å². The van der Waals surface area contributed by atoms with Crippen LogP contribution in [0.15, 0.2) is 63.8 Å². The molecule has 0 saturated carbocycles. The Balaban J connectivity index is 1.56. The summed E-state index contributed by atoms with van der Waals surface area (Å²) >= 11 is 0. The predicted molar refractivity (Wildman–Crippen MR) is 87.1 cm³/mol. The smallest absolute Gasteiger partial charge is 0.325 e. The first-order valence-corrected chi connectivity index (χ1v) is 7.76. The molecule has 1 fully saturated rings. The number of benzene rings is 1. The highest BCUT2D eigenvalue weighted by Crippen LogP contribution is 2.30. The first-order chi connectivity index (χ1) is 12.1. The zero-order chi connectivity index (χ0) is 17.4. The monoisotopic (exact) mass is 337 g/mol. The van der Waals surface area contributed by atoms with Gasteiger partial charge in [0.25, 0.3) is 5.91 Å². The lowest BCUT2D eigenvalue weighted by atomic mass is 9.99. The fourth-order valence-corrected chi connectivity index (χ4v) is 2.83. The topological polar surface area (TPSA) is 88.6 Å². The predicted octanol–water partition coefficient (Wildman–Crippen LogP) is 2.90. The number of furan rings is 1. The second kappa shape index (κ2) is 5.62. The Hall–Kier alpha value is -3.35. The Morgan fingerprint density at radius 2 is 1.92 bits per heavy atom. The second-order valence-electron chi connectivity index (χ2n) is 5.93. The summed E-state index contributed by atoms with van der Waals surface area (Å²) in [7, 11) is 0. The second-order valence-corrected chi connectivity index (χ2v) is 5.93. The van der Waals surface area contributed by atoms with Crippen molar-refractivity contribution in [3.8, 4) is 11.5 Å². The first-order valence-electron chi connectivity index (χ1n) is 7.76. The number of urea groups is 1. The normalized spacial score (nSPS) is 20.1. The Morgan fingerprint density at radius 1 is 1.12 bits per heavy atom. The molecule has 1 aliphatic heterocycles. The highest BCUT2D eigenvalue weighted by atomic mass is 16.3. The van der Waals surface area contributed by atoms with Gasteiger partial charge in [-0.3, -0.25) is 9.69 Å². The van der Waals surface area contributed by atoms with Gasteiger partial charge >= 0.3 is 6.03 Å². The molecule has 0 aliphatic carbocycles. The minimum Gasteiger partial charge on any atom is -0.466 e. The van der Waals surface area contributed by atoms with E-state index in [4.69, 9.17) is 8.83 Å². The van der Waals surface area contributed by atoms with E-state index in [1.165, 1.54) is 12.5 Å².